The summed E-state index contributed by atoms with van der Waals surface area (Å²) in [6.45, 7) is 2.59. The maximum atomic E-state index is 12.3. The van der Waals surface area contributed by atoms with Crippen LogP contribution < -0.4 is 5.32 Å². The molecule has 1 aromatic rings. The van der Waals surface area contributed by atoms with Crippen LogP contribution >= 0.6 is 11.3 Å². The fourth-order valence-corrected chi connectivity index (χ4v) is 3.37. The van der Waals surface area contributed by atoms with Crippen LogP contribution in [0.25, 0.3) is 0 Å². The van der Waals surface area contributed by atoms with Crippen LogP contribution in [-0.2, 0) is 4.79 Å². The number of thiophene rings is 1. The fourth-order valence-electron chi connectivity index (χ4n) is 2.56. The van der Waals surface area contributed by atoms with Gasteiger partial charge in [-0.1, -0.05) is 19.4 Å². The van der Waals surface area contributed by atoms with E-state index in [9.17, 15) is 9.59 Å². The third-order valence-electron chi connectivity index (χ3n) is 3.56. The number of carboxylic acid groups (broad SMARTS) is 1. The Hall–Kier alpha value is -1.56. The highest BCUT2D eigenvalue weighted by Gasteiger charge is 2.34. The number of nitrogens with one attached hydrogen (secondary N) is 1. The zero-order valence-electron chi connectivity index (χ0n) is 11.5. The van der Waals surface area contributed by atoms with Crippen molar-refractivity contribution in [1.29, 1.82) is 0 Å². The molecule has 0 aliphatic carbocycles. The van der Waals surface area contributed by atoms with Gasteiger partial charge < -0.3 is 15.3 Å². The molecule has 2 N–H and O–H groups in total. The average molecular weight is 296 g/mol. The Morgan fingerprint density at radius 1 is 1.60 bits per heavy atom. The Morgan fingerprint density at radius 3 is 3.00 bits per heavy atom. The number of hydrogen-bond donors (Lipinski definition) is 2. The quantitative estimate of drug-likeness (QED) is 0.877. The van der Waals surface area contributed by atoms with Crippen LogP contribution in [-0.4, -0.2) is 34.6 Å². The number of rotatable bonds is 5. The molecule has 2 rings (SSSR count). The molecule has 1 saturated heterocycles. The minimum Gasteiger partial charge on any atom is -0.480 e. The topological polar surface area (TPSA) is 69.6 Å². The highest BCUT2D eigenvalue weighted by atomic mass is 32.1. The first-order valence-corrected chi connectivity index (χ1v) is 7.84. The number of nitrogens with zero attached hydrogens (tertiary/aromatic N) is 1. The third-order valence-corrected chi connectivity index (χ3v) is 4.55. The van der Waals surface area contributed by atoms with Crippen LogP contribution in [0.5, 0.6) is 0 Å². The number of amides is 2. The molecule has 20 heavy (non-hydrogen) atoms. The van der Waals surface area contributed by atoms with E-state index in [1.165, 1.54) is 4.90 Å². The van der Waals surface area contributed by atoms with Gasteiger partial charge in [-0.05, 0) is 30.7 Å². The van der Waals surface area contributed by atoms with Crippen molar-refractivity contribution < 1.29 is 14.7 Å². The van der Waals surface area contributed by atoms with Crippen molar-refractivity contribution in [2.75, 3.05) is 6.54 Å². The summed E-state index contributed by atoms with van der Waals surface area (Å²) in [4.78, 5) is 26.0. The van der Waals surface area contributed by atoms with E-state index in [1.54, 1.807) is 11.3 Å². The summed E-state index contributed by atoms with van der Waals surface area (Å²) in [5, 5.41) is 14.1. The first kappa shape index (κ1) is 14.8. The van der Waals surface area contributed by atoms with E-state index in [4.69, 9.17) is 5.11 Å². The third kappa shape index (κ3) is 3.30. The van der Waals surface area contributed by atoms with Crippen molar-refractivity contribution in [2.45, 2.75) is 44.7 Å². The first-order valence-electron chi connectivity index (χ1n) is 6.96. The summed E-state index contributed by atoms with van der Waals surface area (Å²) in [6, 6.07) is 3.00. The molecule has 110 valence electrons. The minimum atomic E-state index is -0.916. The second-order valence-electron chi connectivity index (χ2n) is 5.00. The van der Waals surface area contributed by atoms with Crippen molar-refractivity contribution in [3.05, 3.63) is 22.4 Å². The van der Waals surface area contributed by atoms with Gasteiger partial charge in [-0.25, -0.2) is 9.59 Å². The van der Waals surface area contributed by atoms with E-state index in [1.807, 2.05) is 17.5 Å². The fraction of sp³-hybridized carbons (Fsp3) is 0.571. The summed E-state index contributed by atoms with van der Waals surface area (Å²) >= 11 is 1.61. The van der Waals surface area contributed by atoms with Gasteiger partial charge in [0.1, 0.15) is 6.04 Å². The summed E-state index contributed by atoms with van der Waals surface area (Å²) in [5.41, 5.74) is 0. The number of aliphatic carboxylic acids is 1. The number of hydrogen-bond acceptors (Lipinski definition) is 3. The number of urea groups is 1. The molecule has 2 atom stereocenters. The van der Waals surface area contributed by atoms with Crippen molar-refractivity contribution in [1.82, 2.24) is 10.2 Å². The van der Waals surface area contributed by atoms with Gasteiger partial charge in [0.25, 0.3) is 0 Å². The van der Waals surface area contributed by atoms with Crippen LogP contribution in [0.2, 0.25) is 0 Å². The summed E-state index contributed by atoms with van der Waals surface area (Å²) in [7, 11) is 0. The highest BCUT2D eigenvalue weighted by molar-refractivity contribution is 7.10. The number of carbonyl (C=O) groups excluding carboxylic acids is 1. The number of likely N-dealkylation sites (tertiary alicyclic amines) is 1. The van der Waals surface area contributed by atoms with Gasteiger partial charge in [0.15, 0.2) is 0 Å². The maximum Gasteiger partial charge on any atom is 0.326 e. The molecule has 0 aromatic carbocycles. The van der Waals surface area contributed by atoms with Crippen LogP contribution in [0.4, 0.5) is 4.79 Å². The highest BCUT2D eigenvalue weighted by Crippen LogP contribution is 2.25. The molecule has 1 fully saturated rings. The van der Waals surface area contributed by atoms with Gasteiger partial charge in [-0.3, -0.25) is 0 Å². The Bertz CT molecular complexity index is 461. The van der Waals surface area contributed by atoms with Gasteiger partial charge in [-0.15, -0.1) is 11.3 Å². The normalized spacial score (nSPS) is 19.9. The van der Waals surface area contributed by atoms with Gasteiger partial charge in [0.05, 0.1) is 6.04 Å². The molecular formula is C14H20N2O3S. The molecule has 0 radical (unpaired) electrons. The second-order valence-corrected chi connectivity index (χ2v) is 5.98. The van der Waals surface area contributed by atoms with Gasteiger partial charge in [0.2, 0.25) is 0 Å². The molecule has 1 aliphatic heterocycles. The predicted octanol–water partition coefficient (Wildman–Crippen LogP) is 2.85. The van der Waals surface area contributed by atoms with Gasteiger partial charge in [0, 0.05) is 11.4 Å². The Balaban J connectivity index is 2.03. The molecule has 2 unspecified atom stereocenters. The Kier molecular flexibility index (Phi) is 5.00. The van der Waals surface area contributed by atoms with Gasteiger partial charge >= 0.3 is 12.0 Å². The SMILES string of the molecule is CCCC(NC(=O)N1CCCC1C(=O)O)c1cccs1. The minimum absolute atomic E-state index is 0.0254. The molecule has 0 bridgehead atoms. The molecule has 5 nitrogen and oxygen atoms in total. The standard InChI is InChI=1S/C14H20N2O3S/c1-2-5-10(12-7-4-9-20-12)15-14(19)16-8-3-6-11(16)13(17)18/h4,7,9-11H,2-3,5-6,8H2,1H3,(H,15,19)(H,17,18). The second kappa shape index (κ2) is 6.74. The number of carboxylic acids is 1. The average Bonchev–Trinajstić information content (AvgIpc) is 3.09. The molecule has 1 aromatic heterocycles. The van der Waals surface area contributed by atoms with E-state index in [2.05, 4.69) is 12.2 Å². The molecule has 2 heterocycles. The smallest absolute Gasteiger partial charge is 0.326 e. The zero-order valence-corrected chi connectivity index (χ0v) is 12.4. The lowest BCUT2D eigenvalue weighted by molar-refractivity contribution is -0.141. The maximum absolute atomic E-state index is 12.3. The molecule has 6 heteroatoms. The van der Waals surface area contributed by atoms with Crippen molar-refractivity contribution in [3.8, 4) is 0 Å². The first-order chi connectivity index (χ1) is 9.63. The van der Waals surface area contributed by atoms with E-state index in [-0.39, 0.29) is 12.1 Å². The Labute approximate surface area is 122 Å². The molecule has 1 aliphatic rings. The molecule has 2 amide bonds. The zero-order chi connectivity index (χ0) is 14.5. The van der Waals surface area contributed by atoms with E-state index in [0.717, 1.165) is 24.1 Å². The van der Waals surface area contributed by atoms with E-state index < -0.39 is 12.0 Å². The van der Waals surface area contributed by atoms with Crippen molar-refractivity contribution in [3.63, 3.8) is 0 Å². The lowest BCUT2D eigenvalue weighted by Gasteiger charge is -2.25. The molecule has 0 spiro atoms. The van der Waals surface area contributed by atoms with E-state index >= 15 is 0 Å². The summed E-state index contributed by atoms with van der Waals surface area (Å²) in [5.74, 6) is -0.916. The largest absolute Gasteiger partial charge is 0.480 e. The van der Waals surface area contributed by atoms with E-state index in [0.29, 0.717) is 13.0 Å². The van der Waals surface area contributed by atoms with Crippen LogP contribution in [0.15, 0.2) is 17.5 Å². The summed E-state index contributed by atoms with van der Waals surface area (Å²) in [6.07, 6.45) is 3.12. The van der Waals surface area contributed by atoms with Crippen LogP contribution in [0, 0.1) is 0 Å². The van der Waals surface area contributed by atoms with Gasteiger partial charge in [-0.2, -0.15) is 0 Å². The summed E-state index contributed by atoms with van der Waals surface area (Å²) < 4.78 is 0. The molecular weight excluding hydrogens is 276 g/mol. The predicted molar refractivity (Wildman–Crippen MR) is 77.9 cm³/mol. The monoisotopic (exact) mass is 296 g/mol. The Morgan fingerprint density at radius 2 is 2.40 bits per heavy atom. The van der Waals surface area contributed by atoms with Crippen LogP contribution in [0.3, 0.4) is 0 Å². The lowest BCUT2D eigenvalue weighted by atomic mass is 10.1. The number of carbonyl (C=O) groups is 2. The van der Waals surface area contributed by atoms with Crippen molar-refractivity contribution in [2.24, 2.45) is 0 Å². The molecule has 0 saturated carbocycles. The van der Waals surface area contributed by atoms with Crippen molar-refractivity contribution >= 4 is 23.3 Å². The van der Waals surface area contributed by atoms with Crippen LogP contribution in [0.1, 0.15) is 43.5 Å². The lowest BCUT2D eigenvalue weighted by Crippen LogP contribution is -2.46.